The number of amides is 4. The third-order valence-electron chi connectivity index (χ3n) is 10.5. The summed E-state index contributed by atoms with van der Waals surface area (Å²) < 4.78 is 0. The van der Waals surface area contributed by atoms with E-state index in [9.17, 15) is 28.8 Å². The summed E-state index contributed by atoms with van der Waals surface area (Å²) in [6.45, 7) is 7.75. The largest absolute Gasteiger partial charge is 0.347 e. The number of carbonyl (C=O) groups excluding carboxylic acids is 6. The predicted molar refractivity (Wildman–Crippen MR) is 203 cm³/mol. The van der Waals surface area contributed by atoms with Crippen molar-refractivity contribution in [3.05, 3.63) is 96.1 Å². The maximum Gasteiger partial charge on any atom is 0.289 e. The highest BCUT2D eigenvalue weighted by Crippen LogP contribution is 2.36. The second-order valence-corrected chi connectivity index (χ2v) is 14.7. The van der Waals surface area contributed by atoms with Gasteiger partial charge in [0.25, 0.3) is 5.91 Å². The molecule has 1 saturated heterocycles. The van der Waals surface area contributed by atoms with Crippen LogP contribution in [0.2, 0.25) is 0 Å². The van der Waals surface area contributed by atoms with Gasteiger partial charge in [-0.3, -0.25) is 33.8 Å². The van der Waals surface area contributed by atoms with Gasteiger partial charge in [-0.05, 0) is 48.6 Å². The summed E-state index contributed by atoms with van der Waals surface area (Å²) in [5, 5.41) is 8.56. The van der Waals surface area contributed by atoms with E-state index in [1.807, 2.05) is 88.4 Å². The quantitative estimate of drug-likeness (QED) is 0.128. The number of ketones is 2. The molecule has 2 heterocycles. The minimum Gasteiger partial charge on any atom is -0.347 e. The van der Waals surface area contributed by atoms with Gasteiger partial charge in [0.2, 0.25) is 23.5 Å². The van der Waals surface area contributed by atoms with Gasteiger partial charge in [-0.2, -0.15) is 0 Å². The van der Waals surface area contributed by atoms with Crippen LogP contribution in [0.4, 0.5) is 0 Å². The molecule has 1 saturated carbocycles. The minimum atomic E-state index is -1.03. The Morgan fingerprint density at radius 2 is 1.50 bits per heavy atom. The van der Waals surface area contributed by atoms with Crippen LogP contribution in [0.5, 0.6) is 0 Å². The van der Waals surface area contributed by atoms with Crippen LogP contribution < -0.4 is 16.0 Å². The van der Waals surface area contributed by atoms with Crippen LogP contribution in [-0.2, 0) is 24.0 Å². The van der Waals surface area contributed by atoms with Crippen molar-refractivity contribution in [2.24, 2.45) is 17.8 Å². The van der Waals surface area contributed by atoms with Gasteiger partial charge < -0.3 is 20.9 Å². The van der Waals surface area contributed by atoms with E-state index in [1.165, 1.54) is 23.5 Å². The Kier molecular flexibility index (Phi) is 13.8. The molecule has 1 aromatic heterocycles. The molecule has 5 atom stereocenters. The standard InChI is InChI=1S/C42H52N6O6/c1-5-13-32(38(50)41(53)45-30-18-19-30)46-40(52)37-27(6-2)20-23-48(37)42(54)36(26(3)4)47-39(51)31(24-34(49)33-25-43-21-22-44-33)35(28-14-9-7-10-15-28)29-16-11-8-12-17-29/h7-12,14-17,21-22,25-27,30-32,35-37H,5-6,13,18-20,23-24H2,1-4H3,(H,45,53)(H,46,52)(H,47,51)/t27-,31-,32?,36-,37-/m0/s1. The summed E-state index contributed by atoms with van der Waals surface area (Å²) in [5.41, 5.74) is 1.78. The van der Waals surface area contributed by atoms with Gasteiger partial charge in [0.1, 0.15) is 17.8 Å². The van der Waals surface area contributed by atoms with Crippen molar-refractivity contribution in [2.75, 3.05) is 6.54 Å². The van der Waals surface area contributed by atoms with E-state index in [0.717, 1.165) is 24.0 Å². The van der Waals surface area contributed by atoms with Gasteiger partial charge >= 0.3 is 0 Å². The zero-order chi connectivity index (χ0) is 38.8. The summed E-state index contributed by atoms with van der Waals surface area (Å²) in [7, 11) is 0. The van der Waals surface area contributed by atoms with Crippen LogP contribution in [-0.4, -0.2) is 80.8 Å². The smallest absolute Gasteiger partial charge is 0.289 e. The second kappa shape index (κ2) is 18.7. The maximum atomic E-state index is 14.7. The molecule has 1 aliphatic carbocycles. The highest BCUT2D eigenvalue weighted by molar-refractivity contribution is 6.38. The van der Waals surface area contributed by atoms with Crippen molar-refractivity contribution >= 4 is 35.2 Å². The van der Waals surface area contributed by atoms with Gasteiger partial charge in [-0.1, -0.05) is 101 Å². The molecule has 5 rings (SSSR count). The molecule has 2 aliphatic rings. The molecule has 2 aromatic carbocycles. The number of aromatic nitrogens is 2. The van der Waals surface area contributed by atoms with Crippen LogP contribution in [0.25, 0.3) is 0 Å². The van der Waals surface area contributed by atoms with Gasteiger partial charge in [0.15, 0.2) is 5.78 Å². The molecule has 3 N–H and O–H groups in total. The highest BCUT2D eigenvalue weighted by Gasteiger charge is 2.45. The lowest BCUT2D eigenvalue weighted by molar-refractivity contribution is -0.145. The number of rotatable bonds is 18. The van der Waals surface area contributed by atoms with Crippen molar-refractivity contribution in [3.8, 4) is 0 Å². The van der Waals surface area contributed by atoms with Crippen molar-refractivity contribution in [1.82, 2.24) is 30.8 Å². The topological polar surface area (TPSA) is 168 Å². The Labute approximate surface area is 317 Å². The number of hydrogen-bond acceptors (Lipinski definition) is 8. The average molecular weight is 737 g/mol. The number of hydrogen-bond donors (Lipinski definition) is 3. The lowest BCUT2D eigenvalue weighted by Gasteiger charge is -2.34. The van der Waals surface area contributed by atoms with Gasteiger partial charge in [-0.15, -0.1) is 0 Å². The summed E-state index contributed by atoms with van der Waals surface area (Å²) in [6, 6.07) is 16.0. The fourth-order valence-electron chi connectivity index (χ4n) is 7.38. The van der Waals surface area contributed by atoms with Crippen LogP contribution in [0.15, 0.2) is 79.3 Å². The van der Waals surface area contributed by atoms with Crippen molar-refractivity contribution in [3.63, 3.8) is 0 Å². The fraction of sp³-hybridized carbons (Fsp3) is 0.476. The molecule has 54 heavy (non-hydrogen) atoms. The Morgan fingerprint density at radius 3 is 2.04 bits per heavy atom. The predicted octanol–water partition coefficient (Wildman–Crippen LogP) is 4.40. The van der Waals surface area contributed by atoms with E-state index in [-0.39, 0.29) is 48.7 Å². The Hall–Kier alpha value is -5.26. The Bertz CT molecular complexity index is 1730. The van der Waals surface area contributed by atoms with Crippen LogP contribution in [0, 0.1) is 17.8 Å². The Balaban J connectivity index is 1.42. The second-order valence-electron chi connectivity index (χ2n) is 14.7. The summed E-state index contributed by atoms with van der Waals surface area (Å²) in [5.74, 6) is -5.22. The third kappa shape index (κ3) is 9.83. The molecular formula is C42H52N6O6. The fourth-order valence-corrected chi connectivity index (χ4v) is 7.38. The molecule has 12 heteroatoms. The van der Waals surface area contributed by atoms with E-state index in [0.29, 0.717) is 19.3 Å². The minimum absolute atomic E-state index is 0.00424. The first-order chi connectivity index (χ1) is 26.0. The molecule has 1 unspecified atom stereocenters. The van der Waals surface area contributed by atoms with Gasteiger partial charge in [0.05, 0.1) is 18.2 Å². The number of nitrogens with one attached hydrogen (secondary N) is 3. The van der Waals surface area contributed by atoms with E-state index in [2.05, 4.69) is 25.9 Å². The molecule has 0 bridgehead atoms. The average Bonchev–Trinajstić information content (AvgIpc) is 3.90. The SMILES string of the molecule is CCCC(NC(=O)[C@@H]1[C@@H](CC)CCN1C(=O)[C@@H](NC(=O)[C@@H](CC(=O)c1cnccn1)C(c1ccccc1)c1ccccc1)C(C)C)C(=O)C(=O)NC1CC1. The maximum absolute atomic E-state index is 14.7. The van der Waals surface area contributed by atoms with Crippen molar-refractivity contribution in [2.45, 2.75) is 103 Å². The number of benzene rings is 2. The molecule has 3 aromatic rings. The summed E-state index contributed by atoms with van der Waals surface area (Å²) in [6.07, 6.45) is 7.74. The first kappa shape index (κ1) is 39.9. The van der Waals surface area contributed by atoms with Crippen LogP contribution >= 0.6 is 0 Å². The van der Waals surface area contributed by atoms with E-state index in [1.54, 1.807) is 0 Å². The monoisotopic (exact) mass is 736 g/mol. The lowest BCUT2D eigenvalue weighted by atomic mass is 9.77. The summed E-state index contributed by atoms with van der Waals surface area (Å²) in [4.78, 5) is 92.5. The van der Waals surface area contributed by atoms with Crippen molar-refractivity contribution < 1.29 is 28.8 Å². The number of carbonyl (C=O) groups is 6. The molecule has 0 spiro atoms. The molecule has 286 valence electrons. The number of likely N-dealkylation sites (tertiary alicyclic amines) is 1. The third-order valence-corrected chi connectivity index (χ3v) is 10.5. The Morgan fingerprint density at radius 1 is 0.852 bits per heavy atom. The van der Waals surface area contributed by atoms with Crippen LogP contribution in [0.1, 0.15) is 100 Å². The summed E-state index contributed by atoms with van der Waals surface area (Å²) >= 11 is 0. The number of Topliss-reactive ketones (excluding diaryl/α,β-unsaturated/α-hetero) is 2. The van der Waals surface area contributed by atoms with Crippen LogP contribution in [0.3, 0.4) is 0 Å². The zero-order valence-corrected chi connectivity index (χ0v) is 31.6. The molecule has 12 nitrogen and oxygen atoms in total. The molecule has 0 radical (unpaired) electrons. The van der Waals surface area contributed by atoms with Gasteiger partial charge in [0, 0.05) is 37.3 Å². The first-order valence-electron chi connectivity index (χ1n) is 19.2. The number of nitrogens with zero attached hydrogens (tertiary/aromatic N) is 3. The highest BCUT2D eigenvalue weighted by atomic mass is 16.2. The van der Waals surface area contributed by atoms with E-state index < -0.39 is 59.4 Å². The van der Waals surface area contributed by atoms with E-state index >= 15 is 0 Å². The van der Waals surface area contributed by atoms with Gasteiger partial charge in [-0.25, -0.2) is 4.98 Å². The molecular weight excluding hydrogens is 684 g/mol. The normalized spacial score (nSPS) is 18.4. The first-order valence-corrected chi connectivity index (χ1v) is 19.2. The molecule has 2 fully saturated rings. The molecule has 4 amide bonds. The molecule has 1 aliphatic heterocycles. The van der Waals surface area contributed by atoms with Crippen molar-refractivity contribution in [1.29, 1.82) is 0 Å². The van der Waals surface area contributed by atoms with E-state index in [4.69, 9.17) is 0 Å². The zero-order valence-electron chi connectivity index (χ0n) is 31.6. The lowest BCUT2D eigenvalue weighted by Crippen LogP contribution is -2.59.